The number of amides is 1. The third kappa shape index (κ3) is 5.91. The van der Waals surface area contributed by atoms with Gasteiger partial charge in [0.1, 0.15) is 22.8 Å². The van der Waals surface area contributed by atoms with E-state index in [2.05, 4.69) is 46.9 Å². The number of rotatable bonds is 8. The van der Waals surface area contributed by atoms with Crippen LogP contribution in [-0.2, 0) is 33.8 Å². The van der Waals surface area contributed by atoms with Crippen molar-refractivity contribution < 1.29 is 34.8 Å². The number of hydrogen-bond donors (Lipinski definition) is 6. The van der Waals surface area contributed by atoms with Crippen LogP contribution in [0.1, 0.15) is 83.1 Å². The molecule has 0 saturated heterocycles. The van der Waals surface area contributed by atoms with E-state index in [1.807, 2.05) is 6.07 Å². The summed E-state index contributed by atoms with van der Waals surface area (Å²) in [7, 11) is 3.18. The molecule has 1 aromatic carbocycles. The quantitative estimate of drug-likeness (QED) is 0.241. The first-order chi connectivity index (χ1) is 20.2. The van der Waals surface area contributed by atoms with Gasteiger partial charge in [-0.25, -0.2) is 0 Å². The molecule has 1 amide bonds. The minimum absolute atomic E-state index is 0.0238. The zero-order valence-electron chi connectivity index (χ0n) is 27.3. The monoisotopic (exact) mass is 611 g/mol. The average Bonchev–Trinajstić information content (AvgIpc) is 2.86. The maximum absolute atomic E-state index is 14.2. The lowest BCUT2D eigenvalue weighted by atomic mass is 9.57. The lowest BCUT2D eigenvalue weighted by Gasteiger charge is -2.50. The number of aryl methyl sites for hydroxylation is 1. The van der Waals surface area contributed by atoms with Gasteiger partial charge in [-0.3, -0.25) is 19.3 Å². The molecule has 1 unspecified atom stereocenters. The predicted molar refractivity (Wildman–Crippen MR) is 168 cm³/mol. The number of primary amides is 1. The number of fused-ring (bicyclic) bond motifs is 3. The number of likely N-dealkylation sites (N-methyl/N-ethyl adjacent to an activating group) is 1. The Morgan fingerprint density at radius 3 is 2.25 bits per heavy atom. The van der Waals surface area contributed by atoms with E-state index in [1.54, 1.807) is 14.1 Å². The number of aliphatic hydroxyl groups is 3. The Morgan fingerprint density at radius 1 is 1.07 bits per heavy atom. The summed E-state index contributed by atoms with van der Waals surface area (Å²) in [5.41, 5.74) is 4.36. The van der Waals surface area contributed by atoms with Crippen LogP contribution in [-0.4, -0.2) is 75.1 Å². The first-order valence-electron chi connectivity index (χ1n) is 15.4. The van der Waals surface area contributed by atoms with Gasteiger partial charge in [-0.1, -0.05) is 47.6 Å². The van der Waals surface area contributed by atoms with Gasteiger partial charge in [-0.05, 0) is 79.6 Å². The number of hydrogen-bond acceptors (Lipinski definition) is 9. The summed E-state index contributed by atoms with van der Waals surface area (Å²) in [6, 6.07) is 0.866. The molecule has 10 heteroatoms. The van der Waals surface area contributed by atoms with E-state index < -0.39 is 58.0 Å². The second kappa shape index (κ2) is 11.6. The van der Waals surface area contributed by atoms with Gasteiger partial charge in [0, 0.05) is 24.6 Å². The standard InChI is InChI=1S/C34H49N3O7/c1-32(2,3)11-9-10-17-12-19(15-36-16-33(4,5)6)20-13-18-14-21-25(37(7)8)28(40)24(31(35)43)30(42)34(21,44)29(41)22(18)27(39)23(20)26(17)38/h12,18,21,25,36,38-39,42,44H,9-11,13-16H2,1-8H3,(H2,35,43)/t18-,21-,25?,34-/m1/s1. The second-order valence-corrected chi connectivity index (χ2v) is 15.4. The second-order valence-electron chi connectivity index (χ2n) is 15.4. The van der Waals surface area contributed by atoms with Gasteiger partial charge in [-0.2, -0.15) is 0 Å². The van der Waals surface area contributed by atoms with Crippen LogP contribution in [0.3, 0.4) is 0 Å². The summed E-state index contributed by atoms with van der Waals surface area (Å²) in [6.45, 7) is 14.0. The molecule has 7 N–H and O–H groups in total. The van der Waals surface area contributed by atoms with Crippen molar-refractivity contribution in [2.24, 2.45) is 28.4 Å². The van der Waals surface area contributed by atoms with Crippen LogP contribution in [0.2, 0.25) is 0 Å². The molecular weight excluding hydrogens is 562 g/mol. The third-order valence-corrected chi connectivity index (χ3v) is 9.24. The maximum Gasteiger partial charge on any atom is 0.255 e. The summed E-state index contributed by atoms with van der Waals surface area (Å²) in [5.74, 6) is -6.36. The number of aromatic hydroxyl groups is 1. The van der Waals surface area contributed by atoms with Crippen LogP contribution in [0, 0.1) is 22.7 Å². The number of Topliss-reactive ketones (excluding diaryl/α,β-unsaturated/α-hetero) is 2. The number of ketones is 2. The fraction of sp³-hybridized carbons (Fsp3) is 0.618. The van der Waals surface area contributed by atoms with Crippen molar-refractivity contribution in [1.82, 2.24) is 10.2 Å². The van der Waals surface area contributed by atoms with Crippen molar-refractivity contribution in [3.05, 3.63) is 45.2 Å². The van der Waals surface area contributed by atoms with Gasteiger partial charge in [0.2, 0.25) is 5.78 Å². The fourth-order valence-corrected chi connectivity index (χ4v) is 7.18. The molecule has 4 rings (SSSR count). The third-order valence-electron chi connectivity index (χ3n) is 9.24. The van der Waals surface area contributed by atoms with Gasteiger partial charge >= 0.3 is 0 Å². The Bertz CT molecular complexity index is 1440. The van der Waals surface area contributed by atoms with Crippen LogP contribution in [0.15, 0.2) is 23.0 Å². The first-order valence-corrected chi connectivity index (χ1v) is 15.4. The van der Waals surface area contributed by atoms with Crippen LogP contribution >= 0.6 is 0 Å². The average molecular weight is 612 g/mol. The molecule has 0 heterocycles. The molecule has 0 aromatic heterocycles. The fourth-order valence-electron chi connectivity index (χ4n) is 7.18. The molecule has 242 valence electrons. The summed E-state index contributed by atoms with van der Waals surface area (Å²) in [6.07, 6.45) is 2.63. The smallest absolute Gasteiger partial charge is 0.255 e. The normalized spacial score (nSPS) is 25.7. The summed E-state index contributed by atoms with van der Waals surface area (Å²) in [5, 5.41) is 49.8. The topological polar surface area (TPSA) is 173 Å². The minimum Gasteiger partial charge on any atom is -0.508 e. The number of phenols is 1. The SMILES string of the molecule is CN(C)C1C(=O)C(C(N)=O)=C(O)[C@]2(O)C(=O)C3=C(O)c4c(O)c(CCCC(C)(C)C)cc(CNCC(C)(C)C)c4C[C@@H]3C[C@H]12. The lowest BCUT2D eigenvalue weighted by Crippen LogP contribution is -2.65. The Balaban J connectivity index is 1.88. The molecule has 0 spiro atoms. The molecule has 0 radical (unpaired) electrons. The number of carbonyl (C=O) groups is 3. The summed E-state index contributed by atoms with van der Waals surface area (Å²) < 4.78 is 0. The first kappa shape index (κ1) is 33.7. The zero-order valence-corrected chi connectivity index (χ0v) is 27.3. The molecule has 3 aliphatic carbocycles. The van der Waals surface area contributed by atoms with Gasteiger partial charge < -0.3 is 31.5 Å². The molecule has 44 heavy (non-hydrogen) atoms. The van der Waals surface area contributed by atoms with Crippen LogP contribution < -0.4 is 11.1 Å². The van der Waals surface area contributed by atoms with E-state index >= 15 is 0 Å². The highest BCUT2D eigenvalue weighted by Crippen LogP contribution is 2.53. The maximum atomic E-state index is 14.2. The molecule has 1 aromatic rings. The summed E-state index contributed by atoms with van der Waals surface area (Å²) in [4.78, 5) is 41.3. The van der Waals surface area contributed by atoms with E-state index in [1.165, 1.54) is 4.90 Å². The number of carbonyl (C=O) groups excluding carboxylic acids is 3. The van der Waals surface area contributed by atoms with Crippen molar-refractivity contribution in [3.8, 4) is 5.75 Å². The van der Waals surface area contributed by atoms with Crippen LogP contribution in [0.25, 0.3) is 5.76 Å². The molecule has 4 atom stereocenters. The van der Waals surface area contributed by atoms with E-state index in [9.17, 15) is 34.8 Å². The van der Waals surface area contributed by atoms with Gasteiger partial charge in [-0.15, -0.1) is 0 Å². The number of benzene rings is 1. The van der Waals surface area contributed by atoms with Gasteiger partial charge in [0.15, 0.2) is 11.4 Å². The number of aliphatic hydroxyl groups excluding tert-OH is 2. The highest BCUT2D eigenvalue weighted by atomic mass is 16.3. The Kier molecular flexibility index (Phi) is 8.89. The minimum atomic E-state index is -2.65. The van der Waals surface area contributed by atoms with E-state index in [4.69, 9.17) is 5.73 Å². The Morgan fingerprint density at radius 2 is 1.70 bits per heavy atom. The predicted octanol–water partition coefficient (Wildman–Crippen LogP) is 3.47. The van der Waals surface area contributed by atoms with E-state index in [0.29, 0.717) is 24.1 Å². The van der Waals surface area contributed by atoms with E-state index in [-0.39, 0.29) is 40.6 Å². The molecule has 0 aliphatic heterocycles. The molecule has 1 fully saturated rings. The highest BCUT2D eigenvalue weighted by molar-refractivity contribution is 6.24. The molecule has 3 aliphatic rings. The zero-order chi connectivity index (χ0) is 33.1. The molecule has 0 bridgehead atoms. The number of phenolic OH excluding ortho intramolecular Hbond substituents is 1. The molecular formula is C34H49N3O7. The van der Waals surface area contributed by atoms with Crippen molar-refractivity contribution in [2.45, 2.75) is 91.8 Å². The lowest BCUT2D eigenvalue weighted by molar-refractivity contribution is -0.153. The van der Waals surface area contributed by atoms with Crippen molar-refractivity contribution >= 4 is 23.2 Å². The van der Waals surface area contributed by atoms with Crippen LogP contribution in [0.5, 0.6) is 5.75 Å². The molecule has 1 saturated carbocycles. The van der Waals surface area contributed by atoms with E-state index in [0.717, 1.165) is 24.9 Å². The Hall–Kier alpha value is -3.21. The number of nitrogens with zero attached hydrogens (tertiary/aromatic N) is 1. The van der Waals surface area contributed by atoms with Crippen molar-refractivity contribution in [3.63, 3.8) is 0 Å². The van der Waals surface area contributed by atoms with Crippen LogP contribution in [0.4, 0.5) is 0 Å². The van der Waals surface area contributed by atoms with Gasteiger partial charge in [0.25, 0.3) is 5.91 Å². The highest BCUT2D eigenvalue weighted by Gasteiger charge is 2.64. The molecule has 10 nitrogen and oxygen atoms in total. The van der Waals surface area contributed by atoms with Crippen molar-refractivity contribution in [1.29, 1.82) is 0 Å². The summed E-state index contributed by atoms with van der Waals surface area (Å²) >= 11 is 0. The largest absolute Gasteiger partial charge is 0.508 e. The number of nitrogens with one attached hydrogen (secondary N) is 1. The van der Waals surface area contributed by atoms with Crippen molar-refractivity contribution in [2.75, 3.05) is 20.6 Å². The Labute approximate surface area is 260 Å². The number of nitrogens with two attached hydrogens (primary N) is 1. The van der Waals surface area contributed by atoms with Gasteiger partial charge in [0.05, 0.1) is 11.6 Å².